The molecule has 1 aliphatic rings. The van der Waals surface area contributed by atoms with Crippen LogP contribution >= 0.6 is 0 Å². The van der Waals surface area contributed by atoms with Gasteiger partial charge in [0.1, 0.15) is 12.1 Å². The smallest absolute Gasteiger partial charge is 0.328 e. The minimum atomic E-state index is -1.62. The van der Waals surface area contributed by atoms with E-state index in [9.17, 15) is 22.8 Å². The van der Waals surface area contributed by atoms with Crippen molar-refractivity contribution in [2.75, 3.05) is 13.7 Å². The first-order chi connectivity index (χ1) is 14.2. The van der Waals surface area contributed by atoms with Crippen LogP contribution in [0.2, 0.25) is 0 Å². The van der Waals surface area contributed by atoms with Gasteiger partial charge in [-0.25, -0.2) is 27.7 Å². The highest BCUT2D eigenvalue weighted by Gasteiger charge is 2.38. The van der Waals surface area contributed by atoms with Crippen LogP contribution in [0, 0.1) is 23.4 Å². The molecule has 0 saturated heterocycles. The fourth-order valence-electron chi connectivity index (χ4n) is 3.62. The molecule has 2 amide bonds. The van der Waals surface area contributed by atoms with Crippen molar-refractivity contribution in [1.29, 1.82) is 0 Å². The van der Waals surface area contributed by atoms with E-state index in [1.807, 2.05) is 13.8 Å². The standard InChI is InChI=1S/C20H23F3N4O3/c1-10(2)8-14(19(28)30-3)26-20(29)27-7-6-13-17(25-9-24-13)18(27)11-4-5-12(21)16(23)15(11)22/h4-5,9-10,14,18H,6-8H2,1-3H3,(H,24,25)(H,26,29). The van der Waals surface area contributed by atoms with Crippen LogP contribution in [-0.4, -0.2) is 46.6 Å². The van der Waals surface area contributed by atoms with Crippen molar-refractivity contribution >= 4 is 12.0 Å². The topological polar surface area (TPSA) is 87.3 Å². The number of aromatic nitrogens is 2. The second-order valence-electron chi connectivity index (χ2n) is 7.53. The Morgan fingerprint density at radius 1 is 1.30 bits per heavy atom. The molecule has 2 aromatic rings. The predicted molar refractivity (Wildman–Crippen MR) is 101 cm³/mol. The third-order valence-corrected chi connectivity index (χ3v) is 5.04. The number of carbonyl (C=O) groups excluding carboxylic acids is 2. The Balaban J connectivity index is 1.97. The molecule has 3 rings (SSSR count). The lowest BCUT2D eigenvalue weighted by Crippen LogP contribution is -2.52. The number of aromatic amines is 1. The number of carbonyl (C=O) groups is 2. The number of rotatable bonds is 5. The molecular formula is C20H23F3N4O3. The first-order valence-electron chi connectivity index (χ1n) is 9.55. The molecule has 1 aromatic carbocycles. The molecule has 2 N–H and O–H groups in total. The van der Waals surface area contributed by atoms with Crippen molar-refractivity contribution in [1.82, 2.24) is 20.2 Å². The van der Waals surface area contributed by atoms with Gasteiger partial charge in [0.05, 0.1) is 19.1 Å². The summed E-state index contributed by atoms with van der Waals surface area (Å²) in [5, 5.41) is 2.62. The Morgan fingerprint density at radius 3 is 2.70 bits per heavy atom. The van der Waals surface area contributed by atoms with E-state index in [0.29, 0.717) is 24.2 Å². The van der Waals surface area contributed by atoms with E-state index in [1.54, 1.807) is 0 Å². The number of nitrogens with zero attached hydrogens (tertiary/aromatic N) is 2. The van der Waals surface area contributed by atoms with Crippen LogP contribution in [0.3, 0.4) is 0 Å². The minimum Gasteiger partial charge on any atom is -0.467 e. The maximum atomic E-state index is 14.6. The van der Waals surface area contributed by atoms with Gasteiger partial charge in [0.15, 0.2) is 17.5 Å². The predicted octanol–water partition coefficient (Wildman–Crippen LogP) is 3.07. The van der Waals surface area contributed by atoms with Crippen molar-refractivity contribution in [3.63, 3.8) is 0 Å². The van der Waals surface area contributed by atoms with E-state index in [4.69, 9.17) is 4.74 Å². The first kappa shape index (κ1) is 21.7. The lowest BCUT2D eigenvalue weighted by Gasteiger charge is -2.36. The Labute approximate surface area is 171 Å². The molecule has 1 aromatic heterocycles. The largest absolute Gasteiger partial charge is 0.467 e. The highest BCUT2D eigenvalue weighted by atomic mass is 19.2. The number of imidazole rings is 1. The van der Waals surface area contributed by atoms with Gasteiger partial charge in [-0.3, -0.25) is 0 Å². The second kappa shape index (κ2) is 8.76. The number of urea groups is 1. The number of H-pyrrole nitrogens is 1. The monoisotopic (exact) mass is 424 g/mol. The molecule has 2 heterocycles. The van der Waals surface area contributed by atoms with Gasteiger partial charge in [-0.1, -0.05) is 19.9 Å². The van der Waals surface area contributed by atoms with Crippen LogP contribution in [0.5, 0.6) is 0 Å². The fraction of sp³-hybridized carbons (Fsp3) is 0.450. The third kappa shape index (κ3) is 4.12. The molecular weight excluding hydrogens is 401 g/mol. The van der Waals surface area contributed by atoms with Crippen molar-refractivity contribution in [3.8, 4) is 0 Å². The quantitative estimate of drug-likeness (QED) is 0.571. The van der Waals surface area contributed by atoms with Crippen LogP contribution in [0.4, 0.5) is 18.0 Å². The Hall–Kier alpha value is -3.04. The highest BCUT2D eigenvalue weighted by Crippen LogP contribution is 2.35. The molecule has 0 saturated carbocycles. The SMILES string of the molecule is COC(=O)C(CC(C)C)NC(=O)N1CCc2[nH]cnc2C1c1ccc(F)c(F)c1F. The molecule has 2 atom stereocenters. The molecule has 10 heteroatoms. The summed E-state index contributed by atoms with van der Waals surface area (Å²) in [5.74, 6) is -4.85. The average molecular weight is 424 g/mol. The molecule has 0 fully saturated rings. The van der Waals surface area contributed by atoms with E-state index in [0.717, 1.165) is 12.1 Å². The van der Waals surface area contributed by atoms with Crippen LogP contribution < -0.4 is 5.32 Å². The molecule has 0 bridgehead atoms. The highest BCUT2D eigenvalue weighted by molar-refractivity contribution is 5.84. The van der Waals surface area contributed by atoms with Gasteiger partial charge in [0.25, 0.3) is 0 Å². The summed E-state index contributed by atoms with van der Waals surface area (Å²) in [4.78, 5) is 33.5. The molecule has 0 radical (unpaired) electrons. The zero-order valence-corrected chi connectivity index (χ0v) is 16.8. The molecule has 162 valence electrons. The van der Waals surface area contributed by atoms with Gasteiger partial charge in [0.2, 0.25) is 0 Å². The van der Waals surface area contributed by atoms with E-state index >= 15 is 0 Å². The van der Waals surface area contributed by atoms with E-state index in [-0.39, 0.29) is 18.0 Å². The summed E-state index contributed by atoms with van der Waals surface area (Å²) < 4.78 is 46.8. The number of hydrogen-bond acceptors (Lipinski definition) is 4. The number of ether oxygens (including phenoxy) is 1. The van der Waals surface area contributed by atoms with Crippen molar-refractivity contribution in [2.45, 2.75) is 38.8 Å². The summed E-state index contributed by atoms with van der Waals surface area (Å²) in [6.45, 7) is 3.93. The Kier molecular flexibility index (Phi) is 6.33. The summed E-state index contributed by atoms with van der Waals surface area (Å²) in [7, 11) is 1.22. The zero-order valence-electron chi connectivity index (χ0n) is 16.8. The molecule has 1 aliphatic heterocycles. The number of esters is 1. The van der Waals surface area contributed by atoms with E-state index < -0.39 is 41.5 Å². The van der Waals surface area contributed by atoms with Crippen LogP contribution in [-0.2, 0) is 16.0 Å². The normalized spacial score (nSPS) is 16.9. The summed E-state index contributed by atoms with van der Waals surface area (Å²) >= 11 is 0. The molecule has 7 nitrogen and oxygen atoms in total. The van der Waals surface area contributed by atoms with Gasteiger partial charge < -0.3 is 19.9 Å². The van der Waals surface area contributed by atoms with E-state index in [1.165, 1.54) is 18.3 Å². The van der Waals surface area contributed by atoms with Crippen molar-refractivity contribution < 1.29 is 27.5 Å². The number of methoxy groups -OCH3 is 1. The first-order valence-corrected chi connectivity index (χ1v) is 9.55. The second-order valence-corrected chi connectivity index (χ2v) is 7.53. The van der Waals surface area contributed by atoms with Crippen LogP contribution in [0.25, 0.3) is 0 Å². The summed E-state index contributed by atoms with van der Waals surface area (Å²) in [6, 6.07) is -0.755. The van der Waals surface area contributed by atoms with Gasteiger partial charge in [-0.2, -0.15) is 0 Å². The minimum absolute atomic E-state index is 0.0909. The van der Waals surface area contributed by atoms with Crippen LogP contribution in [0.1, 0.15) is 43.3 Å². The van der Waals surface area contributed by atoms with Crippen molar-refractivity contribution in [3.05, 3.63) is 52.9 Å². The third-order valence-electron chi connectivity index (χ3n) is 5.04. The maximum absolute atomic E-state index is 14.6. The fourth-order valence-corrected chi connectivity index (χ4v) is 3.62. The zero-order chi connectivity index (χ0) is 22.0. The van der Waals surface area contributed by atoms with Gasteiger partial charge in [-0.05, 0) is 18.4 Å². The van der Waals surface area contributed by atoms with E-state index in [2.05, 4.69) is 15.3 Å². The lowest BCUT2D eigenvalue weighted by atomic mass is 9.95. The molecule has 2 unspecified atom stereocenters. The maximum Gasteiger partial charge on any atom is 0.328 e. The number of halogens is 3. The summed E-state index contributed by atoms with van der Waals surface area (Å²) in [6.07, 6.45) is 2.13. The molecule has 0 spiro atoms. The molecule has 0 aliphatic carbocycles. The Morgan fingerprint density at radius 2 is 2.03 bits per heavy atom. The molecule has 30 heavy (non-hydrogen) atoms. The lowest BCUT2D eigenvalue weighted by molar-refractivity contribution is -0.143. The van der Waals surface area contributed by atoms with Gasteiger partial charge in [-0.15, -0.1) is 0 Å². The van der Waals surface area contributed by atoms with Gasteiger partial charge >= 0.3 is 12.0 Å². The number of nitrogens with one attached hydrogen (secondary N) is 2. The number of hydrogen-bond donors (Lipinski definition) is 2. The number of amides is 2. The average Bonchev–Trinajstić information content (AvgIpc) is 3.19. The Bertz CT molecular complexity index is 947. The summed E-state index contributed by atoms with van der Waals surface area (Å²) in [5.41, 5.74) is 0.773. The van der Waals surface area contributed by atoms with Crippen molar-refractivity contribution in [2.24, 2.45) is 5.92 Å². The van der Waals surface area contributed by atoms with Gasteiger partial charge in [0, 0.05) is 24.2 Å². The number of fused-ring (bicyclic) bond motifs is 1. The van der Waals surface area contributed by atoms with Crippen LogP contribution in [0.15, 0.2) is 18.5 Å². The number of benzene rings is 1.